The van der Waals surface area contributed by atoms with Crippen molar-refractivity contribution in [2.24, 2.45) is 0 Å². The monoisotopic (exact) mass is 613 g/mol. The molecule has 0 saturated carbocycles. The molecule has 9 rings (SSSR count). The quantitative estimate of drug-likeness (QED) is 0.185. The predicted molar refractivity (Wildman–Crippen MR) is 202 cm³/mol. The van der Waals surface area contributed by atoms with Crippen LogP contribution in [0.3, 0.4) is 0 Å². The third kappa shape index (κ3) is 5.20. The van der Waals surface area contributed by atoms with Crippen molar-refractivity contribution in [2.75, 3.05) is 4.90 Å². The normalized spacial score (nSPS) is 11.3. The molecule has 0 saturated heterocycles. The topological polar surface area (TPSA) is 16.4 Å². The highest BCUT2D eigenvalue weighted by atomic mass is 16.3. The maximum absolute atomic E-state index is 6.18. The van der Waals surface area contributed by atoms with Crippen LogP contribution >= 0.6 is 0 Å². The Morgan fingerprint density at radius 2 is 0.833 bits per heavy atom. The fourth-order valence-electron chi connectivity index (χ4n) is 6.75. The van der Waals surface area contributed by atoms with Crippen molar-refractivity contribution in [3.8, 4) is 33.6 Å². The van der Waals surface area contributed by atoms with Crippen molar-refractivity contribution in [3.63, 3.8) is 0 Å². The molecular formula is C46H31NO. The summed E-state index contributed by atoms with van der Waals surface area (Å²) in [6, 6.07) is 67.1. The second-order valence-electron chi connectivity index (χ2n) is 12.3. The number of rotatable bonds is 6. The molecular weight excluding hydrogens is 583 g/mol. The van der Waals surface area contributed by atoms with Crippen LogP contribution < -0.4 is 4.90 Å². The number of para-hydroxylation sites is 1. The number of nitrogens with zero attached hydrogens (tertiary/aromatic N) is 1. The zero-order chi connectivity index (χ0) is 31.9. The van der Waals surface area contributed by atoms with Gasteiger partial charge in [0.15, 0.2) is 0 Å². The number of fused-ring (bicyclic) bond motifs is 3. The fraction of sp³-hybridized carbons (Fsp3) is 0. The van der Waals surface area contributed by atoms with Gasteiger partial charge in [-0.25, -0.2) is 0 Å². The first kappa shape index (κ1) is 27.9. The Morgan fingerprint density at radius 3 is 1.65 bits per heavy atom. The number of furan rings is 1. The molecule has 0 spiro atoms. The van der Waals surface area contributed by atoms with Gasteiger partial charge in [0.2, 0.25) is 0 Å². The van der Waals surface area contributed by atoms with Crippen LogP contribution in [0.25, 0.3) is 66.1 Å². The van der Waals surface area contributed by atoms with Gasteiger partial charge in [-0.1, -0.05) is 127 Å². The number of anilines is 3. The van der Waals surface area contributed by atoms with E-state index in [-0.39, 0.29) is 0 Å². The molecule has 2 heteroatoms. The Kier molecular flexibility index (Phi) is 6.84. The van der Waals surface area contributed by atoms with Crippen LogP contribution in [-0.2, 0) is 0 Å². The van der Waals surface area contributed by atoms with Gasteiger partial charge in [-0.15, -0.1) is 0 Å². The van der Waals surface area contributed by atoms with Gasteiger partial charge in [0.05, 0.1) is 0 Å². The minimum atomic E-state index is 0.883. The molecule has 0 bridgehead atoms. The van der Waals surface area contributed by atoms with Crippen LogP contribution in [0.1, 0.15) is 0 Å². The van der Waals surface area contributed by atoms with Crippen molar-refractivity contribution < 1.29 is 4.42 Å². The molecule has 9 aromatic rings. The first-order valence-electron chi connectivity index (χ1n) is 16.3. The van der Waals surface area contributed by atoms with E-state index in [2.05, 4.69) is 175 Å². The summed E-state index contributed by atoms with van der Waals surface area (Å²) in [4.78, 5) is 2.36. The van der Waals surface area contributed by atoms with Crippen molar-refractivity contribution in [1.29, 1.82) is 0 Å². The molecule has 1 heterocycles. The molecule has 0 N–H and O–H groups in total. The Labute approximate surface area is 279 Å². The maximum Gasteiger partial charge on any atom is 0.135 e. The molecule has 0 unspecified atom stereocenters. The standard InChI is InChI=1S/C46H31NO/c1-2-10-32(11-3-1)36-16-9-18-42(28-36)47(43-24-22-33-12-4-5-13-35(33)29-43)44-25-23-38-26-37(20-21-39(38)30-44)34-15-8-17-40(27-34)46-31-41-14-6-7-19-45(41)48-46/h1-31H. The smallest absolute Gasteiger partial charge is 0.135 e. The highest BCUT2D eigenvalue weighted by molar-refractivity contribution is 5.95. The lowest BCUT2D eigenvalue weighted by Crippen LogP contribution is -2.10. The second kappa shape index (κ2) is 11.8. The Hall–Kier alpha value is -6.38. The van der Waals surface area contributed by atoms with Crippen LogP contribution in [0.4, 0.5) is 17.1 Å². The summed E-state index contributed by atoms with van der Waals surface area (Å²) in [5.41, 5.74) is 10.1. The van der Waals surface area contributed by atoms with Gasteiger partial charge >= 0.3 is 0 Å². The highest BCUT2D eigenvalue weighted by Crippen LogP contribution is 2.40. The molecule has 8 aromatic carbocycles. The van der Waals surface area contributed by atoms with Gasteiger partial charge in [-0.05, 0) is 104 Å². The zero-order valence-corrected chi connectivity index (χ0v) is 26.3. The molecule has 0 aliphatic heterocycles. The number of hydrogen-bond acceptors (Lipinski definition) is 2. The predicted octanol–water partition coefficient (Wildman–Crippen LogP) is 13.2. The summed E-state index contributed by atoms with van der Waals surface area (Å²) >= 11 is 0. The molecule has 48 heavy (non-hydrogen) atoms. The molecule has 226 valence electrons. The molecule has 0 radical (unpaired) electrons. The van der Waals surface area contributed by atoms with E-state index < -0.39 is 0 Å². The summed E-state index contributed by atoms with van der Waals surface area (Å²) in [5, 5.41) is 5.95. The van der Waals surface area contributed by atoms with E-state index >= 15 is 0 Å². The minimum absolute atomic E-state index is 0.883. The summed E-state index contributed by atoms with van der Waals surface area (Å²) in [6.45, 7) is 0. The van der Waals surface area contributed by atoms with E-state index in [1.807, 2.05) is 18.2 Å². The van der Waals surface area contributed by atoms with E-state index in [0.29, 0.717) is 0 Å². The average Bonchev–Trinajstić information content (AvgIpc) is 3.60. The minimum Gasteiger partial charge on any atom is -0.456 e. The van der Waals surface area contributed by atoms with Crippen LogP contribution in [0, 0.1) is 0 Å². The van der Waals surface area contributed by atoms with E-state index in [0.717, 1.165) is 44.9 Å². The summed E-state index contributed by atoms with van der Waals surface area (Å²) < 4.78 is 6.18. The lowest BCUT2D eigenvalue weighted by Gasteiger charge is -2.27. The lowest BCUT2D eigenvalue weighted by atomic mass is 9.98. The van der Waals surface area contributed by atoms with Crippen LogP contribution in [0.2, 0.25) is 0 Å². The van der Waals surface area contributed by atoms with E-state index in [4.69, 9.17) is 4.42 Å². The van der Waals surface area contributed by atoms with Gasteiger partial charge in [0.25, 0.3) is 0 Å². The van der Waals surface area contributed by atoms with Crippen molar-refractivity contribution >= 4 is 49.6 Å². The van der Waals surface area contributed by atoms with Gasteiger partial charge in [0.1, 0.15) is 11.3 Å². The summed E-state index contributed by atoms with van der Waals surface area (Å²) in [6.07, 6.45) is 0. The Morgan fingerprint density at radius 1 is 0.292 bits per heavy atom. The maximum atomic E-state index is 6.18. The zero-order valence-electron chi connectivity index (χ0n) is 26.3. The highest BCUT2D eigenvalue weighted by Gasteiger charge is 2.15. The van der Waals surface area contributed by atoms with E-state index in [1.165, 1.54) is 38.2 Å². The summed E-state index contributed by atoms with van der Waals surface area (Å²) in [7, 11) is 0. The SMILES string of the molecule is c1ccc(-c2cccc(N(c3ccc4ccccc4c3)c3ccc4cc(-c5cccc(-c6cc7ccccc7o6)c5)ccc4c3)c2)cc1. The van der Waals surface area contributed by atoms with Crippen molar-refractivity contribution in [2.45, 2.75) is 0 Å². The van der Waals surface area contributed by atoms with Gasteiger partial charge < -0.3 is 9.32 Å². The number of benzene rings is 8. The first-order chi connectivity index (χ1) is 23.7. The van der Waals surface area contributed by atoms with Crippen LogP contribution in [-0.4, -0.2) is 0 Å². The van der Waals surface area contributed by atoms with Gasteiger partial charge in [-0.2, -0.15) is 0 Å². The Balaban J connectivity index is 1.12. The summed E-state index contributed by atoms with van der Waals surface area (Å²) in [5.74, 6) is 0.883. The average molecular weight is 614 g/mol. The van der Waals surface area contributed by atoms with E-state index in [9.17, 15) is 0 Å². The molecule has 0 atom stereocenters. The molecule has 0 aliphatic carbocycles. The molecule has 0 aliphatic rings. The third-order valence-corrected chi connectivity index (χ3v) is 9.19. The van der Waals surface area contributed by atoms with Gasteiger partial charge in [-0.3, -0.25) is 0 Å². The lowest BCUT2D eigenvalue weighted by molar-refractivity contribution is 0.631. The second-order valence-corrected chi connectivity index (χ2v) is 12.3. The number of hydrogen-bond donors (Lipinski definition) is 0. The third-order valence-electron chi connectivity index (χ3n) is 9.19. The first-order valence-corrected chi connectivity index (χ1v) is 16.3. The largest absolute Gasteiger partial charge is 0.456 e. The van der Waals surface area contributed by atoms with Gasteiger partial charge in [0, 0.05) is 28.0 Å². The van der Waals surface area contributed by atoms with Crippen LogP contribution in [0.5, 0.6) is 0 Å². The van der Waals surface area contributed by atoms with Crippen molar-refractivity contribution in [3.05, 3.63) is 188 Å². The molecule has 1 aromatic heterocycles. The van der Waals surface area contributed by atoms with E-state index in [1.54, 1.807) is 0 Å². The molecule has 0 amide bonds. The van der Waals surface area contributed by atoms with Crippen molar-refractivity contribution in [1.82, 2.24) is 0 Å². The fourth-order valence-corrected chi connectivity index (χ4v) is 6.75. The van der Waals surface area contributed by atoms with Crippen LogP contribution in [0.15, 0.2) is 192 Å². The Bertz CT molecular complexity index is 2550. The molecule has 0 fully saturated rings. The molecule has 2 nitrogen and oxygen atoms in total.